The van der Waals surface area contributed by atoms with Crippen molar-refractivity contribution in [1.29, 1.82) is 0 Å². The first kappa shape index (κ1) is 20.5. The second-order valence-electron chi connectivity index (χ2n) is 6.88. The van der Waals surface area contributed by atoms with Crippen LogP contribution in [-0.4, -0.2) is 20.0 Å². The third-order valence-corrected chi connectivity index (χ3v) is 5.02. The smallest absolute Gasteiger partial charge is 0.165 e. The fourth-order valence-electron chi connectivity index (χ4n) is 3.21. The number of aryl methyl sites for hydroxylation is 1. The monoisotopic (exact) mass is 389 g/mol. The quantitative estimate of drug-likeness (QED) is 0.478. The minimum Gasteiger partial charge on any atom is -0.497 e. The second kappa shape index (κ2) is 9.78. The fourth-order valence-corrected chi connectivity index (χ4v) is 3.21. The molecule has 0 unspecified atom stereocenters. The van der Waals surface area contributed by atoms with Gasteiger partial charge in [-0.3, -0.25) is 4.79 Å². The number of benzene rings is 3. The summed E-state index contributed by atoms with van der Waals surface area (Å²) in [4.78, 5) is 12.9. The fraction of sp³-hybridized carbons (Fsp3) is 0.240. The molecule has 1 atom stereocenters. The van der Waals surface area contributed by atoms with Crippen LogP contribution in [0.4, 0.5) is 5.69 Å². The summed E-state index contributed by atoms with van der Waals surface area (Å²) in [6, 6.07) is 23.3. The number of ketones is 1. The molecule has 29 heavy (non-hydrogen) atoms. The molecule has 3 rings (SSSR count). The standard InChI is InChI=1S/C25H27NO3/c1-4-18-5-11-21(12-6-18)26-24(19-7-13-22(28-2)14-8-19)17-25(27)20-9-15-23(29-3)16-10-20/h5-16,24,26H,4,17H2,1-3H3/t24-/m1/s1. The van der Waals surface area contributed by atoms with E-state index in [1.807, 2.05) is 48.5 Å². The van der Waals surface area contributed by atoms with E-state index in [9.17, 15) is 4.79 Å². The van der Waals surface area contributed by atoms with E-state index in [-0.39, 0.29) is 11.8 Å². The van der Waals surface area contributed by atoms with E-state index in [0.29, 0.717) is 12.0 Å². The number of carbonyl (C=O) groups is 1. The summed E-state index contributed by atoms with van der Waals surface area (Å²) in [5.74, 6) is 1.61. The summed E-state index contributed by atoms with van der Waals surface area (Å²) >= 11 is 0. The third-order valence-electron chi connectivity index (χ3n) is 5.02. The van der Waals surface area contributed by atoms with Crippen molar-refractivity contribution in [3.8, 4) is 11.5 Å². The average molecular weight is 389 g/mol. The van der Waals surface area contributed by atoms with Gasteiger partial charge < -0.3 is 14.8 Å². The van der Waals surface area contributed by atoms with Crippen LogP contribution in [0.5, 0.6) is 11.5 Å². The van der Waals surface area contributed by atoms with Crippen molar-refractivity contribution in [1.82, 2.24) is 0 Å². The average Bonchev–Trinajstić information content (AvgIpc) is 2.79. The highest BCUT2D eigenvalue weighted by Gasteiger charge is 2.18. The van der Waals surface area contributed by atoms with E-state index in [4.69, 9.17) is 9.47 Å². The molecule has 0 amide bonds. The molecule has 0 saturated heterocycles. The van der Waals surface area contributed by atoms with Gasteiger partial charge in [0.2, 0.25) is 0 Å². The summed E-state index contributed by atoms with van der Waals surface area (Å²) in [7, 11) is 3.26. The molecule has 0 heterocycles. The van der Waals surface area contributed by atoms with Crippen LogP contribution in [0.15, 0.2) is 72.8 Å². The molecule has 0 aliphatic heterocycles. The van der Waals surface area contributed by atoms with Gasteiger partial charge in [0.05, 0.1) is 20.3 Å². The maximum atomic E-state index is 12.9. The molecule has 3 aromatic rings. The zero-order valence-corrected chi connectivity index (χ0v) is 17.1. The number of hydrogen-bond donors (Lipinski definition) is 1. The van der Waals surface area contributed by atoms with Gasteiger partial charge in [-0.1, -0.05) is 31.2 Å². The van der Waals surface area contributed by atoms with E-state index in [0.717, 1.165) is 29.2 Å². The van der Waals surface area contributed by atoms with E-state index < -0.39 is 0 Å². The number of Topliss-reactive ketones (excluding diaryl/α,β-unsaturated/α-hetero) is 1. The number of anilines is 1. The first-order chi connectivity index (χ1) is 14.1. The summed E-state index contributed by atoms with van der Waals surface area (Å²) in [5, 5.41) is 3.52. The topological polar surface area (TPSA) is 47.6 Å². The molecule has 0 aliphatic rings. The number of hydrogen-bond acceptors (Lipinski definition) is 4. The normalized spacial score (nSPS) is 11.6. The SMILES string of the molecule is CCc1ccc(N[C@H](CC(=O)c2ccc(OC)cc2)c2ccc(OC)cc2)cc1. The van der Waals surface area contributed by atoms with E-state index in [1.165, 1.54) is 5.56 Å². The minimum atomic E-state index is -0.150. The third kappa shape index (κ3) is 5.38. The molecule has 0 fully saturated rings. The van der Waals surface area contributed by atoms with Crippen LogP contribution in [0, 0.1) is 0 Å². The van der Waals surface area contributed by atoms with Crippen molar-refractivity contribution in [2.24, 2.45) is 0 Å². The molecule has 4 nitrogen and oxygen atoms in total. The molecule has 0 aliphatic carbocycles. The van der Waals surface area contributed by atoms with Gasteiger partial charge in [-0.15, -0.1) is 0 Å². The molecular weight excluding hydrogens is 362 g/mol. The Morgan fingerprint density at radius 1 is 0.828 bits per heavy atom. The second-order valence-corrected chi connectivity index (χ2v) is 6.88. The van der Waals surface area contributed by atoms with E-state index in [2.05, 4.69) is 36.5 Å². The summed E-state index contributed by atoms with van der Waals surface area (Å²) in [5.41, 5.74) is 3.98. The van der Waals surface area contributed by atoms with Crippen LogP contribution in [0.25, 0.3) is 0 Å². The first-order valence-electron chi connectivity index (χ1n) is 9.79. The highest BCUT2D eigenvalue weighted by molar-refractivity contribution is 5.96. The van der Waals surface area contributed by atoms with Gasteiger partial charge in [0.15, 0.2) is 5.78 Å². The summed E-state index contributed by atoms with van der Waals surface area (Å²) in [6.45, 7) is 2.14. The predicted molar refractivity (Wildman–Crippen MR) is 117 cm³/mol. The van der Waals surface area contributed by atoms with Crippen LogP contribution in [0.3, 0.4) is 0 Å². The zero-order chi connectivity index (χ0) is 20.6. The number of methoxy groups -OCH3 is 2. The lowest BCUT2D eigenvalue weighted by Gasteiger charge is -2.21. The first-order valence-corrected chi connectivity index (χ1v) is 9.79. The van der Waals surface area contributed by atoms with Gasteiger partial charge in [-0.25, -0.2) is 0 Å². The van der Waals surface area contributed by atoms with E-state index >= 15 is 0 Å². The molecule has 0 aromatic heterocycles. The minimum absolute atomic E-state index is 0.0751. The zero-order valence-electron chi connectivity index (χ0n) is 17.1. The van der Waals surface area contributed by atoms with Gasteiger partial charge in [0.1, 0.15) is 11.5 Å². The highest BCUT2D eigenvalue weighted by atomic mass is 16.5. The van der Waals surface area contributed by atoms with Crippen LogP contribution in [0.2, 0.25) is 0 Å². The van der Waals surface area contributed by atoms with Crippen molar-refractivity contribution >= 4 is 11.5 Å². The van der Waals surface area contributed by atoms with Crippen molar-refractivity contribution in [3.63, 3.8) is 0 Å². The molecule has 0 radical (unpaired) electrons. The largest absolute Gasteiger partial charge is 0.497 e. The van der Waals surface area contributed by atoms with E-state index in [1.54, 1.807) is 14.2 Å². The number of carbonyl (C=O) groups excluding carboxylic acids is 1. The molecular formula is C25H27NO3. The molecule has 0 spiro atoms. The molecule has 4 heteroatoms. The Bertz CT molecular complexity index is 916. The molecule has 150 valence electrons. The van der Waals surface area contributed by atoms with Gasteiger partial charge in [-0.05, 0) is 66.1 Å². The Morgan fingerprint density at radius 3 is 1.90 bits per heavy atom. The van der Waals surface area contributed by atoms with Crippen LogP contribution < -0.4 is 14.8 Å². The Labute approximate surface area is 172 Å². The van der Waals surface area contributed by atoms with Gasteiger partial charge in [0.25, 0.3) is 0 Å². The van der Waals surface area contributed by atoms with Gasteiger partial charge in [-0.2, -0.15) is 0 Å². The van der Waals surface area contributed by atoms with Crippen LogP contribution in [-0.2, 0) is 6.42 Å². The Hall–Kier alpha value is -3.27. The Balaban J connectivity index is 1.82. The Kier molecular flexibility index (Phi) is 6.90. The van der Waals surface area contributed by atoms with Gasteiger partial charge >= 0.3 is 0 Å². The maximum absolute atomic E-state index is 12.9. The lowest BCUT2D eigenvalue weighted by molar-refractivity contribution is 0.0976. The van der Waals surface area contributed by atoms with Crippen LogP contribution >= 0.6 is 0 Å². The van der Waals surface area contributed by atoms with Crippen molar-refractivity contribution < 1.29 is 14.3 Å². The highest BCUT2D eigenvalue weighted by Crippen LogP contribution is 2.27. The lowest BCUT2D eigenvalue weighted by atomic mass is 9.97. The molecule has 0 bridgehead atoms. The Morgan fingerprint density at radius 2 is 1.38 bits per heavy atom. The molecule has 1 N–H and O–H groups in total. The maximum Gasteiger partial charge on any atom is 0.165 e. The molecule has 0 saturated carbocycles. The summed E-state index contributed by atoms with van der Waals surface area (Å²) < 4.78 is 10.4. The number of nitrogens with one attached hydrogen (secondary N) is 1. The number of rotatable bonds is 9. The van der Waals surface area contributed by atoms with Crippen LogP contribution in [0.1, 0.15) is 40.9 Å². The summed E-state index contributed by atoms with van der Waals surface area (Å²) in [6.07, 6.45) is 1.34. The number of ether oxygens (including phenoxy) is 2. The predicted octanol–water partition coefficient (Wildman–Crippen LogP) is 5.69. The molecule has 3 aromatic carbocycles. The van der Waals surface area contributed by atoms with Crippen molar-refractivity contribution in [3.05, 3.63) is 89.5 Å². The van der Waals surface area contributed by atoms with Crippen molar-refractivity contribution in [2.75, 3.05) is 19.5 Å². The van der Waals surface area contributed by atoms with Gasteiger partial charge in [0, 0.05) is 17.7 Å². The lowest BCUT2D eigenvalue weighted by Crippen LogP contribution is -2.16. The van der Waals surface area contributed by atoms with Crippen molar-refractivity contribution in [2.45, 2.75) is 25.8 Å².